The molecule has 2 rings (SSSR count). The molecule has 1 N–H and O–H groups in total. The molecule has 3 nitrogen and oxygen atoms in total. The smallest absolute Gasteiger partial charge is 0.123 e. The highest BCUT2D eigenvalue weighted by Gasteiger charge is 2.14. The van der Waals surface area contributed by atoms with Gasteiger partial charge in [0.15, 0.2) is 0 Å². The Kier molecular flexibility index (Phi) is 5.86. The number of nitrogens with one attached hydrogen (secondary N) is 1. The van der Waals surface area contributed by atoms with E-state index >= 15 is 0 Å². The van der Waals surface area contributed by atoms with Crippen molar-refractivity contribution in [3.05, 3.63) is 29.3 Å². The first-order valence-corrected chi connectivity index (χ1v) is 7.72. The topological polar surface area (TPSA) is 30.5 Å². The average molecular weight is 277 g/mol. The first-order valence-electron chi connectivity index (χ1n) is 7.72. The maximum atomic E-state index is 5.94. The molecule has 1 aromatic rings. The summed E-state index contributed by atoms with van der Waals surface area (Å²) in [5, 5.41) is 3.41. The summed E-state index contributed by atoms with van der Waals surface area (Å²) >= 11 is 0. The molecular weight excluding hydrogens is 250 g/mol. The molecule has 0 bridgehead atoms. The zero-order valence-electron chi connectivity index (χ0n) is 12.9. The van der Waals surface area contributed by atoms with Gasteiger partial charge < -0.3 is 14.8 Å². The Morgan fingerprint density at radius 3 is 2.95 bits per heavy atom. The van der Waals surface area contributed by atoms with E-state index in [2.05, 4.69) is 44.3 Å². The monoisotopic (exact) mass is 277 g/mol. The van der Waals surface area contributed by atoms with Crippen LogP contribution in [0, 0.1) is 6.92 Å². The molecule has 1 saturated heterocycles. The lowest BCUT2D eigenvalue weighted by Crippen LogP contribution is -2.29. The van der Waals surface area contributed by atoms with E-state index in [0.29, 0.717) is 18.6 Å². The van der Waals surface area contributed by atoms with Crippen LogP contribution in [0.5, 0.6) is 5.75 Å². The van der Waals surface area contributed by atoms with Crippen LogP contribution >= 0.6 is 0 Å². The van der Waals surface area contributed by atoms with Crippen LogP contribution in [0.3, 0.4) is 0 Å². The predicted octanol–water partition coefficient (Wildman–Crippen LogP) is 3.27. The average Bonchev–Trinajstić information content (AvgIpc) is 2.91. The van der Waals surface area contributed by atoms with Crippen molar-refractivity contribution in [1.82, 2.24) is 5.32 Å². The summed E-state index contributed by atoms with van der Waals surface area (Å²) in [4.78, 5) is 0. The zero-order chi connectivity index (χ0) is 14.4. The second-order valence-electron chi connectivity index (χ2n) is 5.88. The summed E-state index contributed by atoms with van der Waals surface area (Å²) in [5.41, 5.74) is 2.53. The van der Waals surface area contributed by atoms with Crippen molar-refractivity contribution in [2.75, 3.05) is 26.3 Å². The van der Waals surface area contributed by atoms with Gasteiger partial charge in [-0.25, -0.2) is 0 Å². The van der Waals surface area contributed by atoms with Gasteiger partial charge in [-0.3, -0.25) is 0 Å². The summed E-state index contributed by atoms with van der Waals surface area (Å²) in [7, 11) is 0. The normalized spacial score (nSPS) is 18.7. The van der Waals surface area contributed by atoms with Crippen molar-refractivity contribution in [3.8, 4) is 5.75 Å². The molecule has 3 heteroatoms. The van der Waals surface area contributed by atoms with Crippen LogP contribution in [0.4, 0.5) is 0 Å². The van der Waals surface area contributed by atoms with Crippen molar-refractivity contribution in [2.24, 2.45) is 0 Å². The molecule has 1 atom stereocenters. The molecule has 0 unspecified atom stereocenters. The Morgan fingerprint density at radius 2 is 2.25 bits per heavy atom. The Hall–Kier alpha value is -1.06. The first kappa shape index (κ1) is 15.3. The van der Waals surface area contributed by atoms with Gasteiger partial charge in [0.2, 0.25) is 0 Å². The number of rotatable bonds is 7. The Morgan fingerprint density at radius 1 is 1.40 bits per heavy atom. The molecule has 0 spiro atoms. The van der Waals surface area contributed by atoms with Gasteiger partial charge in [0.05, 0.1) is 6.10 Å². The predicted molar refractivity (Wildman–Crippen MR) is 82.6 cm³/mol. The van der Waals surface area contributed by atoms with Crippen molar-refractivity contribution < 1.29 is 9.47 Å². The lowest BCUT2D eigenvalue weighted by molar-refractivity contribution is 0.109. The second-order valence-corrected chi connectivity index (χ2v) is 5.88. The lowest BCUT2D eigenvalue weighted by Gasteiger charge is -2.16. The number of aryl methyl sites for hydroxylation is 1. The molecule has 0 saturated carbocycles. The molecule has 0 radical (unpaired) electrons. The Labute approximate surface area is 122 Å². The summed E-state index contributed by atoms with van der Waals surface area (Å²) < 4.78 is 11.5. The van der Waals surface area contributed by atoms with Crippen LogP contribution in [-0.2, 0) is 4.74 Å². The molecule has 1 fully saturated rings. The minimum atomic E-state index is 0.403. The highest BCUT2D eigenvalue weighted by Crippen LogP contribution is 2.27. The molecule has 1 aromatic carbocycles. The van der Waals surface area contributed by atoms with Gasteiger partial charge in [0, 0.05) is 19.7 Å². The third kappa shape index (κ3) is 4.50. The van der Waals surface area contributed by atoms with Crippen LogP contribution in [0.15, 0.2) is 18.2 Å². The van der Waals surface area contributed by atoms with Crippen LogP contribution in [0.25, 0.3) is 0 Å². The number of benzene rings is 1. The second kappa shape index (κ2) is 7.65. The van der Waals surface area contributed by atoms with E-state index < -0.39 is 0 Å². The van der Waals surface area contributed by atoms with E-state index in [-0.39, 0.29) is 0 Å². The minimum absolute atomic E-state index is 0.403. The largest absolute Gasteiger partial charge is 0.492 e. The summed E-state index contributed by atoms with van der Waals surface area (Å²) in [6.07, 6.45) is 2.79. The van der Waals surface area contributed by atoms with E-state index in [9.17, 15) is 0 Å². The fraction of sp³-hybridized carbons (Fsp3) is 0.647. The highest BCUT2D eigenvalue weighted by molar-refractivity contribution is 5.39. The maximum Gasteiger partial charge on any atom is 0.123 e. The van der Waals surface area contributed by atoms with Crippen molar-refractivity contribution in [3.63, 3.8) is 0 Å². The molecule has 1 aliphatic rings. The molecule has 0 aliphatic carbocycles. The van der Waals surface area contributed by atoms with Gasteiger partial charge in [-0.1, -0.05) is 26.0 Å². The van der Waals surface area contributed by atoms with Gasteiger partial charge >= 0.3 is 0 Å². The van der Waals surface area contributed by atoms with Gasteiger partial charge in [-0.05, 0) is 42.9 Å². The standard InChI is InChI=1S/C17H27NO2/c1-13(2)16-7-6-14(3)11-17(16)20-10-8-18-12-15-5-4-9-19-15/h6-7,11,13,15,18H,4-5,8-10,12H2,1-3H3/t15-/m0/s1. The van der Waals surface area contributed by atoms with Gasteiger partial charge in [0.25, 0.3) is 0 Å². The van der Waals surface area contributed by atoms with Crippen molar-refractivity contribution in [2.45, 2.75) is 45.6 Å². The van der Waals surface area contributed by atoms with E-state index in [1.807, 2.05) is 0 Å². The Bertz CT molecular complexity index is 411. The third-order valence-electron chi connectivity index (χ3n) is 3.72. The molecule has 1 heterocycles. The van der Waals surface area contributed by atoms with E-state index in [1.165, 1.54) is 24.0 Å². The first-order chi connectivity index (χ1) is 9.66. The SMILES string of the molecule is Cc1ccc(C(C)C)c(OCCNC[C@@H]2CCCO2)c1. The van der Waals surface area contributed by atoms with Gasteiger partial charge in [-0.2, -0.15) is 0 Å². The summed E-state index contributed by atoms with van der Waals surface area (Å²) in [6, 6.07) is 6.46. The van der Waals surface area contributed by atoms with Crippen LogP contribution < -0.4 is 10.1 Å². The molecular formula is C17H27NO2. The van der Waals surface area contributed by atoms with Crippen molar-refractivity contribution in [1.29, 1.82) is 0 Å². The number of hydrogen-bond acceptors (Lipinski definition) is 3. The van der Waals surface area contributed by atoms with Crippen LogP contribution in [0.1, 0.15) is 43.7 Å². The summed E-state index contributed by atoms with van der Waals surface area (Å²) in [6.45, 7) is 9.94. The molecule has 112 valence electrons. The van der Waals surface area contributed by atoms with Crippen LogP contribution in [-0.4, -0.2) is 32.4 Å². The number of hydrogen-bond donors (Lipinski definition) is 1. The Balaban J connectivity index is 1.74. The summed E-state index contributed by atoms with van der Waals surface area (Å²) in [5.74, 6) is 1.52. The third-order valence-corrected chi connectivity index (χ3v) is 3.72. The van der Waals surface area contributed by atoms with Gasteiger partial charge in [0.1, 0.15) is 12.4 Å². The van der Waals surface area contributed by atoms with E-state index in [0.717, 1.165) is 25.4 Å². The number of ether oxygens (including phenoxy) is 2. The van der Waals surface area contributed by atoms with Crippen LogP contribution in [0.2, 0.25) is 0 Å². The fourth-order valence-corrected chi connectivity index (χ4v) is 2.55. The van der Waals surface area contributed by atoms with E-state index in [1.54, 1.807) is 0 Å². The molecule has 0 amide bonds. The molecule has 20 heavy (non-hydrogen) atoms. The highest BCUT2D eigenvalue weighted by atomic mass is 16.5. The quantitative estimate of drug-likeness (QED) is 0.776. The van der Waals surface area contributed by atoms with Crippen molar-refractivity contribution >= 4 is 0 Å². The molecule has 0 aromatic heterocycles. The fourth-order valence-electron chi connectivity index (χ4n) is 2.55. The van der Waals surface area contributed by atoms with E-state index in [4.69, 9.17) is 9.47 Å². The molecule has 1 aliphatic heterocycles. The van der Waals surface area contributed by atoms with Gasteiger partial charge in [-0.15, -0.1) is 0 Å². The lowest BCUT2D eigenvalue weighted by atomic mass is 10.0. The zero-order valence-corrected chi connectivity index (χ0v) is 12.9. The maximum absolute atomic E-state index is 5.94. The minimum Gasteiger partial charge on any atom is -0.492 e.